The van der Waals surface area contributed by atoms with Crippen LogP contribution in [0.3, 0.4) is 0 Å². The lowest BCUT2D eigenvalue weighted by molar-refractivity contribution is 0.416. The topological polar surface area (TPSA) is 35.3 Å². The Morgan fingerprint density at radius 2 is 2.47 bits per heavy atom. The highest BCUT2D eigenvalue weighted by Gasteiger charge is 2.12. The lowest BCUT2D eigenvalue weighted by Gasteiger charge is -1.97. The molecule has 0 fully saturated rings. The van der Waals surface area contributed by atoms with E-state index in [1.807, 2.05) is 11.4 Å². The fourth-order valence-corrected chi connectivity index (χ4v) is 2.22. The fraction of sp³-hybridized carbons (Fsp3) is 0.300. The molecule has 0 amide bonds. The zero-order valence-corrected chi connectivity index (χ0v) is 9.77. The number of alkyl halides is 1. The van der Waals surface area contributed by atoms with E-state index in [4.69, 9.17) is 20.8 Å². The van der Waals surface area contributed by atoms with Crippen LogP contribution in [-0.4, -0.2) is 18.0 Å². The minimum Gasteiger partial charge on any atom is -0.495 e. The fourth-order valence-electron chi connectivity index (χ4n) is 1.25. The van der Waals surface area contributed by atoms with Crippen LogP contribution in [0.25, 0.3) is 10.6 Å². The molecule has 0 atom stereocenters. The van der Waals surface area contributed by atoms with Gasteiger partial charge < -0.3 is 9.15 Å². The molecule has 0 aliphatic heterocycles. The molecule has 0 spiro atoms. The maximum Gasteiger partial charge on any atom is 0.196 e. The molecule has 3 nitrogen and oxygen atoms in total. The number of nitrogens with zero attached hydrogens (tertiary/aromatic N) is 1. The highest BCUT2D eigenvalue weighted by Crippen LogP contribution is 2.35. The number of hydrogen-bond acceptors (Lipinski definition) is 4. The Bertz CT molecular complexity index is 438. The number of aryl methyl sites for hydroxylation is 1. The van der Waals surface area contributed by atoms with Gasteiger partial charge in [0.15, 0.2) is 11.7 Å². The van der Waals surface area contributed by atoms with Gasteiger partial charge in [-0.1, -0.05) is 0 Å². The smallest absolute Gasteiger partial charge is 0.196 e. The molecule has 0 radical (unpaired) electrons. The van der Waals surface area contributed by atoms with Crippen LogP contribution in [-0.2, 0) is 6.42 Å². The summed E-state index contributed by atoms with van der Waals surface area (Å²) in [6.07, 6.45) is 2.35. The Kier molecular flexibility index (Phi) is 3.28. The van der Waals surface area contributed by atoms with Gasteiger partial charge in [-0.05, 0) is 11.4 Å². The van der Waals surface area contributed by atoms with Crippen LogP contribution in [0.4, 0.5) is 0 Å². The quantitative estimate of drug-likeness (QED) is 0.774. The second kappa shape index (κ2) is 4.68. The number of halogens is 1. The molecule has 0 unspecified atom stereocenters. The predicted octanol–water partition coefficient (Wildman–Crippen LogP) is 3.19. The van der Waals surface area contributed by atoms with Crippen LogP contribution in [0.15, 0.2) is 22.1 Å². The number of ether oxygens (including phenoxy) is 1. The summed E-state index contributed by atoms with van der Waals surface area (Å²) in [6.45, 7) is 0. The highest BCUT2D eigenvalue weighted by atomic mass is 35.5. The number of aromatic nitrogens is 1. The summed E-state index contributed by atoms with van der Waals surface area (Å²) >= 11 is 7.17. The van der Waals surface area contributed by atoms with Crippen molar-refractivity contribution in [2.24, 2.45) is 0 Å². The van der Waals surface area contributed by atoms with Crippen molar-refractivity contribution in [1.29, 1.82) is 0 Å². The molecule has 0 N–H and O–H groups in total. The molecule has 0 saturated carbocycles. The first-order chi connectivity index (χ1) is 7.35. The van der Waals surface area contributed by atoms with E-state index >= 15 is 0 Å². The van der Waals surface area contributed by atoms with Crippen molar-refractivity contribution >= 4 is 22.9 Å². The second-order valence-corrected chi connectivity index (χ2v) is 4.17. The molecule has 80 valence electrons. The molecule has 0 saturated heterocycles. The Labute approximate surface area is 96.7 Å². The van der Waals surface area contributed by atoms with E-state index in [1.165, 1.54) is 0 Å². The minimum atomic E-state index is 0.515. The summed E-state index contributed by atoms with van der Waals surface area (Å²) in [4.78, 5) is 5.10. The summed E-state index contributed by atoms with van der Waals surface area (Å²) in [7, 11) is 1.64. The van der Waals surface area contributed by atoms with Crippen molar-refractivity contribution in [3.05, 3.63) is 23.5 Å². The van der Waals surface area contributed by atoms with E-state index < -0.39 is 0 Å². The third kappa shape index (κ3) is 2.16. The molecule has 2 rings (SSSR count). The number of methoxy groups -OCH3 is 1. The normalized spacial score (nSPS) is 10.5. The molecule has 5 heteroatoms. The Morgan fingerprint density at radius 3 is 3.20 bits per heavy atom. The van der Waals surface area contributed by atoms with Crippen LogP contribution < -0.4 is 4.74 Å². The average Bonchev–Trinajstić information content (AvgIpc) is 2.84. The average molecular weight is 244 g/mol. The lowest BCUT2D eigenvalue weighted by atomic mass is 10.4. The zero-order valence-electron chi connectivity index (χ0n) is 8.20. The Hall–Kier alpha value is -1.00. The van der Waals surface area contributed by atoms with E-state index in [0.717, 1.165) is 16.4 Å². The third-order valence-electron chi connectivity index (χ3n) is 1.93. The summed E-state index contributed by atoms with van der Waals surface area (Å²) in [5, 5.41) is 1.96. The van der Waals surface area contributed by atoms with Gasteiger partial charge in [-0.2, -0.15) is 0 Å². The van der Waals surface area contributed by atoms with E-state index in [0.29, 0.717) is 18.2 Å². The van der Waals surface area contributed by atoms with Gasteiger partial charge in [-0.3, -0.25) is 0 Å². The van der Waals surface area contributed by atoms with Crippen molar-refractivity contribution in [2.45, 2.75) is 6.42 Å². The first kappa shape index (κ1) is 10.5. The van der Waals surface area contributed by atoms with Crippen LogP contribution in [0.5, 0.6) is 5.75 Å². The molecule has 0 bridgehead atoms. The lowest BCUT2D eigenvalue weighted by Crippen LogP contribution is -1.83. The summed E-state index contributed by atoms with van der Waals surface area (Å²) in [5.41, 5.74) is 0. The molecular formula is C10H10ClNO2S. The standard InChI is InChI=1S/C10H10ClNO2S/c1-13-7-3-5-15-10(7)8-6-12-9(14-8)2-4-11/h3,5-6H,2,4H2,1H3. The van der Waals surface area contributed by atoms with Crippen molar-refractivity contribution in [2.75, 3.05) is 13.0 Å². The van der Waals surface area contributed by atoms with Gasteiger partial charge in [0.05, 0.1) is 13.3 Å². The largest absolute Gasteiger partial charge is 0.495 e. The maximum atomic E-state index is 5.61. The molecule has 0 aliphatic carbocycles. The van der Waals surface area contributed by atoms with Crippen molar-refractivity contribution in [3.63, 3.8) is 0 Å². The highest BCUT2D eigenvalue weighted by molar-refractivity contribution is 7.13. The minimum absolute atomic E-state index is 0.515. The molecule has 2 aromatic heterocycles. The van der Waals surface area contributed by atoms with Gasteiger partial charge in [0, 0.05) is 12.3 Å². The summed E-state index contributed by atoms with van der Waals surface area (Å²) in [5.74, 6) is 2.73. The first-order valence-electron chi connectivity index (χ1n) is 4.47. The molecule has 2 heterocycles. The maximum absolute atomic E-state index is 5.61. The van der Waals surface area contributed by atoms with Gasteiger partial charge in [-0.15, -0.1) is 22.9 Å². The molecule has 2 aromatic rings. The van der Waals surface area contributed by atoms with E-state index in [9.17, 15) is 0 Å². The van der Waals surface area contributed by atoms with Crippen molar-refractivity contribution in [3.8, 4) is 16.4 Å². The predicted molar refractivity (Wildman–Crippen MR) is 60.8 cm³/mol. The number of rotatable bonds is 4. The van der Waals surface area contributed by atoms with Crippen LogP contribution in [0.2, 0.25) is 0 Å². The van der Waals surface area contributed by atoms with Crippen LogP contribution in [0, 0.1) is 0 Å². The van der Waals surface area contributed by atoms with Crippen molar-refractivity contribution in [1.82, 2.24) is 4.98 Å². The van der Waals surface area contributed by atoms with Crippen molar-refractivity contribution < 1.29 is 9.15 Å². The monoisotopic (exact) mass is 243 g/mol. The Morgan fingerprint density at radius 1 is 1.60 bits per heavy atom. The summed E-state index contributed by atoms with van der Waals surface area (Å²) in [6, 6.07) is 1.91. The van der Waals surface area contributed by atoms with Gasteiger partial charge in [0.2, 0.25) is 0 Å². The van der Waals surface area contributed by atoms with Gasteiger partial charge >= 0.3 is 0 Å². The molecule has 0 aliphatic rings. The SMILES string of the molecule is COc1ccsc1-c1cnc(CCCl)o1. The van der Waals surface area contributed by atoms with Crippen LogP contribution in [0.1, 0.15) is 5.89 Å². The molecule has 0 aromatic carbocycles. The third-order valence-corrected chi connectivity index (χ3v) is 3.03. The molecule has 15 heavy (non-hydrogen) atoms. The van der Waals surface area contributed by atoms with Gasteiger partial charge in [0.1, 0.15) is 10.6 Å². The number of oxazole rings is 1. The van der Waals surface area contributed by atoms with Crippen LogP contribution >= 0.6 is 22.9 Å². The van der Waals surface area contributed by atoms with E-state index in [2.05, 4.69) is 4.98 Å². The molecular weight excluding hydrogens is 234 g/mol. The first-order valence-corrected chi connectivity index (χ1v) is 5.89. The van der Waals surface area contributed by atoms with E-state index in [1.54, 1.807) is 24.6 Å². The van der Waals surface area contributed by atoms with Gasteiger partial charge in [0.25, 0.3) is 0 Å². The number of thiophene rings is 1. The Balaban J connectivity index is 2.28. The second-order valence-electron chi connectivity index (χ2n) is 2.88. The number of hydrogen-bond donors (Lipinski definition) is 0. The zero-order chi connectivity index (χ0) is 10.7. The van der Waals surface area contributed by atoms with Gasteiger partial charge in [-0.25, -0.2) is 4.98 Å². The summed E-state index contributed by atoms with van der Waals surface area (Å²) < 4.78 is 10.8. The van der Waals surface area contributed by atoms with E-state index in [-0.39, 0.29) is 0 Å².